The summed E-state index contributed by atoms with van der Waals surface area (Å²) in [7, 11) is 0. The molecule has 0 aliphatic carbocycles. The molecule has 0 unspecified atom stereocenters. The number of H-pyrrole nitrogens is 1. The predicted octanol–water partition coefficient (Wildman–Crippen LogP) is 4.30. The number of imidazole rings is 2. The van der Waals surface area contributed by atoms with E-state index in [4.69, 9.17) is 0 Å². The minimum absolute atomic E-state index is 0.0103. The largest absolute Gasteiger partial charge is 0.338 e. The molecule has 5 rings (SSSR count). The molecule has 7 nitrogen and oxygen atoms in total. The quantitative estimate of drug-likeness (QED) is 0.480. The van der Waals surface area contributed by atoms with Crippen LogP contribution in [0.25, 0.3) is 22.4 Å². The zero-order valence-corrected chi connectivity index (χ0v) is 18.3. The molecule has 1 aliphatic rings. The van der Waals surface area contributed by atoms with Crippen molar-refractivity contribution in [1.82, 2.24) is 24.4 Å². The summed E-state index contributed by atoms with van der Waals surface area (Å²) in [5.74, 6) is 1.97. The molecule has 32 heavy (non-hydrogen) atoms. The second-order valence-corrected chi connectivity index (χ2v) is 8.37. The number of nitrogens with one attached hydrogen (secondary N) is 2. The number of para-hydroxylation sites is 2. The lowest BCUT2D eigenvalue weighted by atomic mass is 9.97. The molecule has 1 amide bonds. The maximum Gasteiger partial charge on any atom is 0.228 e. The fourth-order valence-electron chi connectivity index (χ4n) is 4.44. The highest BCUT2D eigenvalue weighted by Gasteiger charge is 2.26. The number of benzene rings is 2. The van der Waals surface area contributed by atoms with E-state index in [1.54, 1.807) is 0 Å². The predicted molar refractivity (Wildman–Crippen MR) is 126 cm³/mol. The molecule has 0 saturated carbocycles. The second kappa shape index (κ2) is 8.96. The second-order valence-electron chi connectivity index (χ2n) is 8.37. The minimum atomic E-state index is -0.0103. The number of carbonyl (C=O) groups is 1. The molecule has 1 aliphatic heterocycles. The zero-order valence-electron chi connectivity index (χ0n) is 18.3. The number of aromatic amines is 1. The van der Waals surface area contributed by atoms with Crippen molar-refractivity contribution in [2.45, 2.75) is 32.9 Å². The average Bonchev–Trinajstić information content (AvgIpc) is 3.46. The maximum atomic E-state index is 12.9. The number of aryl methyl sites for hydroxylation is 1. The number of piperidine rings is 1. The van der Waals surface area contributed by atoms with Crippen LogP contribution in [0.3, 0.4) is 0 Å². The number of hydrogen-bond acceptors (Lipinski definition) is 4. The van der Waals surface area contributed by atoms with Gasteiger partial charge in [0.2, 0.25) is 5.91 Å². The molecule has 1 atom stereocenters. The first-order valence-electron chi connectivity index (χ1n) is 11.3. The standard InChI is InChI=1S/C25H28N6O/c1-2-31-15-13-26-23(31)17-30-14-5-6-19(16-30)25(32)27-20-11-9-18(10-12-20)24-28-21-7-3-4-8-22(21)29-24/h3-4,7-13,15,19H,2,5-6,14,16-17H2,1H3,(H,27,32)(H,28,29)/t19-/m1/s1. The Kier molecular flexibility index (Phi) is 5.73. The summed E-state index contributed by atoms with van der Waals surface area (Å²) in [6, 6.07) is 15.9. The summed E-state index contributed by atoms with van der Waals surface area (Å²) < 4.78 is 2.16. The number of rotatable bonds is 6. The van der Waals surface area contributed by atoms with Crippen LogP contribution in [-0.4, -0.2) is 43.4 Å². The normalized spacial score (nSPS) is 17.0. The number of amides is 1. The summed E-state index contributed by atoms with van der Waals surface area (Å²) in [6.45, 7) is 5.59. The van der Waals surface area contributed by atoms with Crippen molar-refractivity contribution >= 4 is 22.6 Å². The van der Waals surface area contributed by atoms with E-state index in [1.807, 2.05) is 60.9 Å². The third-order valence-electron chi connectivity index (χ3n) is 6.20. The summed E-state index contributed by atoms with van der Waals surface area (Å²) in [5, 5.41) is 3.10. The van der Waals surface area contributed by atoms with Gasteiger partial charge < -0.3 is 14.9 Å². The number of fused-ring (bicyclic) bond motifs is 1. The van der Waals surface area contributed by atoms with Gasteiger partial charge in [-0.1, -0.05) is 12.1 Å². The minimum Gasteiger partial charge on any atom is -0.338 e. The van der Waals surface area contributed by atoms with Gasteiger partial charge in [-0.2, -0.15) is 0 Å². The van der Waals surface area contributed by atoms with Gasteiger partial charge >= 0.3 is 0 Å². The monoisotopic (exact) mass is 428 g/mol. The van der Waals surface area contributed by atoms with Crippen LogP contribution in [0.15, 0.2) is 60.9 Å². The number of hydrogen-bond donors (Lipinski definition) is 2. The molecule has 0 spiro atoms. The van der Waals surface area contributed by atoms with Crippen LogP contribution in [0, 0.1) is 5.92 Å². The number of carbonyl (C=O) groups excluding carboxylic acids is 1. The Morgan fingerprint density at radius 3 is 2.84 bits per heavy atom. The van der Waals surface area contributed by atoms with Gasteiger partial charge in [0.1, 0.15) is 11.6 Å². The molecule has 0 bridgehead atoms. The number of aromatic nitrogens is 4. The van der Waals surface area contributed by atoms with Crippen LogP contribution in [0.1, 0.15) is 25.6 Å². The first kappa shape index (κ1) is 20.5. The lowest BCUT2D eigenvalue weighted by molar-refractivity contribution is -0.121. The molecule has 4 aromatic rings. The van der Waals surface area contributed by atoms with Crippen molar-refractivity contribution in [2.24, 2.45) is 5.92 Å². The van der Waals surface area contributed by atoms with Gasteiger partial charge in [0, 0.05) is 36.7 Å². The van der Waals surface area contributed by atoms with Crippen molar-refractivity contribution in [1.29, 1.82) is 0 Å². The summed E-state index contributed by atoms with van der Waals surface area (Å²) >= 11 is 0. The Morgan fingerprint density at radius 1 is 1.19 bits per heavy atom. The van der Waals surface area contributed by atoms with Gasteiger partial charge in [0.05, 0.1) is 23.5 Å². The van der Waals surface area contributed by atoms with E-state index < -0.39 is 0 Å². The van der Waals surface area contributed by atoms with Crippen molar-refractivity contribution in [3.8, 4) is 11.4 Å². The van der Waals surface area contributed by atoms with Crippen LogP contribution in [0.4, 0.5) is 5.69 Å². The van der Waals surface area contributed by atoms with Crippen LogP contribution >= 0.6 is 0 Å². The smallest absolute Gasteiger partial charge is 0.228 e. The van der Waals surface area contributed by atoms with E-state index in [-0.39, 0.29) is 11.8 Å². The third-order valence-corrected chi connectivity index (χ3v) is 6.20. The van der Waals surface area contributed by atoms with Crippen molar-refractivity contribution in [2.75, 3.05) is 18.4 Å². The van der Waals surface area contributed by atoms with Crippen molar-refractivity contribution < 1.29 is 4.79 Å². The molecule has 164 valence electrons. The highest BCUT2D eigenvalue weighted by molar-refractivity contribution is 5.93. The van der Waals surface area contributed by atoms with Gasteiger partial charge in [-0.05, 0) is 62.7 Å². The first-order chi connectivity index (χ1) is 15.7. The molecule has 1 fully saturated rings. The fraction of sp³-hybridized carbons (Fsp3) is 0.320. The van der Waals surface area contributed by atoms with Crippen LogP contribution in [0.5, 0.6) is 0 Å². The topological polar surface area (TPSA) is 78.8 Å². The molecule has 7 heteroatoms. The van der Waals surface area contributed by atoms with Gasteiger partial charge in [-0.25, -0.2) is 9.97 Å². The Hall–Kier alpha value is -3.45. The van der Waals surface area contributed by atoms with Gasteiger partial charge in [0.15, 0.2) is 0 Å². The van der Waals surface area contributed by atoms with E-state index in [0.717, 1.165) is 73.0 Å². The Bertz CT molecular complexity index is 1180. The van der Waals surface area contributed by atoms with Crippen molar-refractivity contribution in [3.05, 3.63) is 66.7 Å². The van der Waals surface area contributed by atoms with Crippen LogP contribution < -0.4 is 5.32 Å². The molecule has 1 saturated heterocycles. The van der Waals surface area contributed by atoms with Gasteiger partial charge in [0.25, 0.3) is 0 Å². The molecule has 0 radical (unpaired) electrons. The van der Waals surface area contributed by atoms with E-state index in [0.29, 0.717) is 0 Å². The lowest BCUT2D eigenvalue weighted by Crippen LogP contribution is -2.40. The van der Waals surface area contributed by atoms with Crippen LogP contribution in [-0.2, 0) is 17.9 Å². The van der Waals surface area contributed by atoms with E-state index in [2.05, 4.69) is 36.7 Å². The summed E-state index contributed by atoms with van der Waals surface area (Å²) in [4.78, 5) is 27.7. The van der Waals surface area contributed by atoms with Crippen molar-refractivity contribution in [3.63, 3.8) is 0 Å². The summed E-state index contributed by atoms with van der Waals surface area (Å²) in [5.41, 5.74) is 3.77. The molecular weight excluding hydrogens is 400 g/mol. The highest BCUT2D eigenvalue weighted by atomic mass is 16.1. The van der Waals surface area contributed by atoms with Crippen LogP contribution in [0.2, 0.25) is 0 Å². The Labute approximate surface area is 187 Å². The first-order valence-corrected chi connectivity index (χ1v) is 11.3. The Morgan fingerprint density at radius 2 is 2.03 bits per heavy atom. The highest BCUT2D eigenvalue weighted by Crippen LogP contribution is 2.24. The fourth-order valence-corrected chi connectivity index (χ4v) is 4.44. The third kappa shape index (κ3) is 4.29. The molecule has 2 aromatic carbocycles. The zero-order chi connectivity index (χ0) is 21.9. The number of anilines is 1. The van der Waals surface area contributed by atoms with Gasteiger partial charge in [-0.3, -0.25) is 9.69 Å². The Balaban J connectivity index is 1.21. The maximum absolute atomic E-state index is 12.9. The average molecular weight is 429 g/mol. The van der Waals surface area contributed by atoms with E-state index in [9.17, 15) is 4.79 Å². The lowest BCUT2D eigenvalue weighted by Gasteiger charge is -2.31. The van der Waals surface area contributed by atoms with E-state index >= 15 is 0 Å². The van der Waals surface area contributed by atoms with E-state index in [1.165, 1.54) is 0 Å². The molecular formula is C25H28N6O. The molecule has 3 heterocycles. The number of likely N-dealkylation sites (tertiary alicyclic amines) is 1. The van der Waals surface area contributed by atoms with Gasteiger partial charge in [-0.15, -0.1) is 0 Å². The molecule has 2 N–H and O–H groups in total. The summed E-state index contributed by atoms with van der Waals surface area (Å²) in [6.07, 6.45) is 5.80. The molecule has 2 aromatic heterocycles. The number of nitrogens with zero attached hydrogens (tertiary/aromatic N) is 4. The SMILES string of the molecule is CCn1ccnc1CN1CCC[C@@H](C(=O)Nc2ccc(-c3nc4ccccc4[nH]3)cc2)C1.